The Morgan fingerprint density at radius 1 is 1.18 bits per heavy atom. The average molecular weight is 543 g/mol. The van der Waals surface area contributed by atoms with Crippen molar-refractivity contribution >= 4 is 22.8 Å². The van der Waals surface area contributed by atoms with Gasteiger partial charge in [0.15, 0.2) is 6.29 Å². The fourth-order valence-corrected chi connectivity index (χ4v) is 6.40. The van der Waals surface area contributed by atoms with Gasteiger partial charge in [0.1, 0.15) is 30.5 Å². The van der Waals surface area contributed by atoms with Gasteiger partial charge in [-0.1, -0.05) is 24.3 Å². The molecule has 2 saturated heterocycles. The highest BCUT2D eigenvalue weighted by Gasteiger charge is 2.53. The second-order valence-electron chi connectivity index (χ2n) is 10.4. The number of carboxylic acids is 1. The SMILES string of the molecule is C=CC1C(O[C@@H]2O[C@H](CO)[C@@H](O)[C@H](O)[C@H]2O)OC=C2C(=O)N3C(C(=O)O)Cc4c([nH]c5ccccc45)C3CC21. The summed E-state index contributed by atoms with van der Waals surface area (Å²) < 4.78 is 17.1. The molecular weight excluding hydrogens is 512 g/mol. The van der Waals surface area contributed by atoms with E-state index < -0.39 is 79.4 Å². The quantitative estimate of drug-likeness (QED) is 0.280. The minimum absolute atomic E-state index is 0.170. The number of benzene rings is 1. The van der Waals surface area contributed by atoms with Crippen molar-refractivity contribution in [3.8, 4) is 0 Å². The topological polar surface area (TPSA) is 182 Å². The van der Waals surface area contributed by atoms with E-state index in [0.717, 1.165) is 22.2 Å². The molecule has 12 nitrogen and oxygen atoms in total. The van der Waals surface area contributed by atoms with Gasteiger partial charge in [0.05, 0.1) is 24.5 Å². The number of carbonyl (C=O) groups excluding carboxylic acids is 1. The molecule has 1 aromatic carbocycles. The van der Waals surface area contributed by atoms with Crippen LogP contribution in [0.25, 0.3) is 10.9 Å². The van der Waals surface area contributed by atoms with Crippen LogP contribution in [0.3, 0.4) is 0 Å². The molecule has 6 rings (SSSR count). The van der Waals surface area contributed by atoms with Gasteiger partial charge in [-0.2, -0.15) is 0 Å². The number of rotatable bonds is 5. The summed E-state index contributed by atoms with van der Waals surface area (Å²) >= 11 is 0. The van der Waals surface area contributed by atoms with Gasteiger partial charge in [0, 0.05) is 34.9 Å². The third-order valence-electron chi connectivity index (χ3n) is 8.39. The largest absolute Gasteiger partial charge is 0.480 e. The first kappa shape index (κ1) is 26.0. The monoisotopic (exact) mass is 542 g/mol. The van der Waals surface area contributed by atoms with Gasteiger partial charge in [0.2, 0.25) is 6.29 Å². The number of ether oxygens (including phenoxy) is 3. The molecule has 4 aliphatic heterocycles. The van der Waals surface area contributed by atoms with Gasteiger partial charge < -0.3 is 49.6 Å². The van der Waals surface area contributed by atoms with E-state index in [2.05, 4.69) is 11.6 Å². The van der Waals surface area contributed by atoms with Crippen molar-refractivity contribution in [2.45, 2.75) is 61.9 Å². The molecule has 1 amide bonds. The Kier molecular flexibility index (Phi) is 6.49. The van der Waals surface area contributed by atoms with Crippen molar-refractivity contribution in [2.75, 3.05) is 6.61 Å². The van der Waals surface area contributed by atoms with Gasteiger partial charge in [-0.05, 0) is 18.1 Å². The van der Waals surface area contributed by atoms with Gasteiger partial charge in [-0.15, -0.1) is 6.58 Å². The summed E-state index contributed by atoms with van der Waals surface area (Å²) in [6, 6.07) is 6.01. The molecule has 0 saturated carbocycles. The van der Waals surface area contributed by atoms with Crippen molar-refractivity contribution in [3.63, 3.8) is 0 Å². The van der Waals surface area contributed by atoms with Crippen molar-refractivity contribution in [1.29, 1.82) is 0 Å². The lowest BCUT2D eigenvalue weighted by Crippen LogP contribution is -2.60. The minimum Gasteiger partial charge on any atom is -0.480 e. The van der Waals surface area contributed by atoms with Crippen LogP contribution < -0.4 is 0 Å². The third kappa shape index (κ3) is 3.98. The maximum absolute atomic E-state index is 13.8. The zero-order valence-corrected chi connectivity index (χ0v) is 20.8. The number of aliphatic hydroxyl groups is 4. The lowest BCUT2D eigenvalue weighted by Gasteiger charge is -2.49. The maximum atomic E-state index is 13.8. The van der Waals surface area contributed by atoms with E-state index >= 15 is 0 Å². The van der Waals surface area contributed by atoms with Crippen molar-refractivity contribution < 1.29 is 49.3 Å². The summed E-state index contributed by atoms with van der Waals surface area (Å²) in [4.78, 5) is 30.9. The van der Waals surface area contributed by atoms with Crippen LogP contribution in [0.1, 0.15) is 23.7 Å². The number of fused-ring (bicyclic) bond motifs is 6. The Morgan fingerprint density at radius 2 is 1.95 bits per heavy atom. The maximum Gasteiger partial charge on any atom is 0.326 e. The summed E-state index contributed by atoms with van der Waals surface area (Å²) in [7, 11) is 0. The number of piperidine rings is 1. The molecule has 0 radical (unpaired) electrons. The van der Waals surface area contributed by atoms with E-state index in [0.29, 0.717) is 6.42 Å². The smallest absolute Gasteiger partial charge is 0.326 e. The molecule has 2 aromatic rings. The van der Waals surface area contributed by atoms with E-state index in [1.54, 1.807) is 6.08 Å². The van der Waals surface area contributed by atoms with Crippen LogP contribution in [0.2, 0.25) is 0 Å². The number of nitrogens with one attached hydrogen (secondary N) is 1. The number of hydrogen-bond donors (Lipinski definition) is 6. The van der Waals surface area contributed by atoms with Crippen molar-refractivity contribution in [2.24, 2.45) is 11.8 Å². The summed E-state index contributed by atoms with van der Waals surface area (Å²) in [6.07, 6.45) is -5.14. The molecule has 12 heteroatoms. The lowest BCUT2D eigenvalue weighted by molar-refractivity contribution is -0.339. The average Bonchev–Trinajstić information content (AvgIpc) is 3.31. The highest BCUT2D eigenvalue weighted by molar-refractivity contribution is 5.99. The van der Waals surface area contributed by atoms with Crippen LogP contribution in [0.4, 0.5) is 0 Å². The first-order valence-corrected chi connectivity index (χ1v) is 12.8. The Morgan fingerprint density at radius 3 is 2.67 bits per heavy atom. The Hall–Kier alpha value is -3.26. The number of hydrogen-bond acceptors (Lipinski definition) is 9. The van der Waals surface area contributed by atoms with Crippen LogP contribution in [0.15, 0.2) is 48.8 Å². The number of carbonyl (C=O) groups is 2. The summed E-state index contributed by atoms with van der Waals surface area (Å²) in [5.74, 6) is -2.62. The number of amides is 1. The first-order chi connectivity index (χ1) is 18.7. The van der Waals surface area contributed by atoms with Gasteiger partial charge >= 0.3 is 5.97 Å². The molecule has 0 aliphatic carbocycles. The van der Waals surface area contributed by atoms with Crippen LogP contribution >= 0.6 is 0 Å². The fraction of sp³-hybridized carbons (Fsp3) is 0.481. The molecule has 208 valence electrons. The number of carboxylic acid groups (broad SMARTS) is 1. The molecule has 1 aromatic heterocycles. The third-order valence-corrected chi connectivity index (χ3v) is 8.39. The first-order valence-electron chi connectivity index (χ1n) is 12.8. The molecular formula is C27H30N2O10. The molecule has 6 N–H and O–H groups in total. The number of para-hydroxylation sites is 1. The number of aromatic amines is 1. The second kappa shape index (κ2) is 9.73. The Balaban J connectivity index is 1.33. The highest BCUT2D eigenvalue weighted by Crippen LogP contribution is 2.49. The highest BCUT2D eigenvalue weighted by atomic mass is 16.8. The molecule has 5 unspecified atom stereocenters. The summed E-state index contributed by atoms with van der Waals surface area (Å²) in [5, 5.41) is 51.1. The summed E-state index contributed by atoms with van der Waals surface area (Å²) in [5.41, 5.74) is 2.81. The molecule has 5 heterocycles. The lowest BCUT2D eigenvalue weighted by atomic mass is 9.73. The zero-order valence-electron chi connectivity index (χ0n) is 20.8. The molecule has 0 bridgehead atoms. The number of aliphatic carboxylic acids is 1. The van der Waals surface area contributed by atoms with Gasteiger partial charge in [0.25, 0.3) is 5.91 Å². The van der Waals surface area contributed by atoms with Gasteiger partial charge in [-0.3, -0.25) is 4.79 Å². The molecule has 2 fully saturated rings. The van der Waals surface area contributed by atoms with Crippen LogP contribution in [-0.2, 0) is 30.2 Å². The van der Waals surface area contributed by atoms with Crippen LogP contribution in [0, 0.1) is 11.8 Å². The predicted octanol–water partition coefficient (Wildman–Crippen LogP) is -0.0743. The predicted molar refractivity (Wildman–Crippen MR) is 133 cm³/mol. The molecule has 0 spiro atoms. The Labute approximate surface area is 222 Å². The molecule has 39 heavy (non-hydrogen) atoms. The summed E-state index contributed by atoms with van der Waals surface area (Å²) in [6.45, 7) is 3.29. The van der Waals surface area contributed by atoms with Crippen LogP contribution in [0.5, 0.6) is 0 Å². The standard InChI is InChI=1S/C27H30N2O10/c1-2-11-13-7-17-20-14(12-5-3-4-6-16(12)28-20)8-18(25(35)36)29(17)24(34)15(13)10-37-26(11)39-27-23(33)22(32)21(31)19(9-30)38-27/h2-6,10-11,13,17-19,21-23,26-28,30-33H,1,7-9H2,(H,35,36)/t11?,13?,17?,18?,19-,21-,22+,23-,26?,27+/m1/s1. The molecule has 4 aliphatic rings. The van der Waals surface area contributed by atoms with E-state index in [1.807, 2.05) is 24.3 Å². The van der Waals surface area contributed by atoms with Crippen LogP contribution in [-0.4, -0.2) is 96.9 Å². The molecule has 10 atom stereocenters. The minimum atomic E-state index is -1.63. The zero-order chi connectivity index (χ0) is 27.6. The Bertz CT molecular complexity index is 1340. The van der Waals surface area contributed by atoms with E-state index in [-0.39, 0.29) is 12.0 Å². The van der Waals surface area contributed by atoms with Crippen molar-refractivity contribution in [1.82, 2.24) is 9.88 Å². The van der Waals surface area contributed by atoms with E-state index in [9.17, 15) is 35.1 Å². The van der Waals surface area contributed by atoms with E-state index in [4.69, 9.17) is 14.2 Å². The van der Waals surface area contributed by atoms with E-state index in [1.165, 1.54) is 11.2 Å². The number of aliphatic hydroxyl groups excluding tert-OH is 4. The fourth-order valence-electron chi connectivity index (χ4n) is 6.40. The number of nitrogens with zero attached hydrogens (tertiary/aromatic N) is 1. The normalized spacial score (nSPS) is 37.8. The number of aromatic nitrogens is 1. The second-order valence-corrected chi connectivity index (χ2v) is 10.4. The number of H-pyrrole nitrogens is 1. The van der Waals surface area contributed by atoms with Gasteiger partial charge in [-0.25, -0.2) is 4.79 Å². The van der Waals surface area contributed by atoms with Crippen molar-refractivity contribution in [3.05, 3.63) is 60.0 Å².